The number of nitrogens with zero attached hydrogens (tertiary/aromatic N) is 5. The number of anilines is 2. The van der Waals surface area contributed by atoms with Crippen molar-refractivity contribution in [3.8, 4) is 0 Å². The van der Waals surface area contributed by atoms with E-state index in [-0.39, 0.29) is 40.7 Å². The smallest absolute Gasteiger partial charge is 0.282 e. The summed E-state index contributed by atoms with van der Waals surface area (Å²) in [6.07, 6.45) is 5.52. The molecule has 2 N–H and O–H groups in total. The topological polar surface area (TPSA) is 120 Å². The van der Waals surface area contributed by atoms with Crippen LogP contribution in [0, 0.1) is 5.41 Å². The summed E-state index contributed by atoms with van der Waals surface area (Å²) in [6, 6.07) is 16.5. The number of amides is 3. The Hall–Kier alpha value is -4.03. The molecule has 0 aliphatic carbocycles. The third-order valence-electron chi connectivity index (χ3n) is 10.8. The highest BCUT2D eigenvalue weighted by Crippen LogP contribution is 2.43. The van der Waals surface area contributed by atoms with E-state index in [0.29, 0.717) is 28.9 Å². The second-order valence-corrected chi connectivity index (χ2v) is 15.0. The standard InChI is InChI=1S/C36H42BrN7O4/c1-41-19-26(17-27(20-41)39-30-18-38-42(2)35(48)32(30)37)23-3-5-25(6-4-23)34(47)43-15-13-36(14-16-43)21-44(22-36)28-9-7-24(8-10-28)29-11-12-31(45)40-33(29)46/h3-10,18,26-27,29,39H,11-17,19-22H2,1-2H3,(H,40,45,46)/t26-,27+,29?/m0/s1. The Balaban J connectivity index is 0.907. The number of likely N-dealkylation sites (tertiary alicyclic amines) is 2. The largest absolute Gasteiger partial charge is 0.379 e. The number of hydrogen-bond donors (Lipinski definition) is 2. The first-order valence-corrected chi connectivity index (χ1v) is 17.6. The summed E-state index contributed by atoms with van der Waals surface area (Å²) < 4.78 is 1.80. The molecule has 1 unspecified atom stereocenters. The molecule has 12 heteroatoms. The molecule has 0 bridgehead atoms. The fraction of sp³-hybridized carbons (Fsp3) is 0.472. The minimum Gasteiger partial charge on any atom is -0.379 e. The van der Waals surface area contributed by atoms with Gasteiger partial charge in [-0.1, -0.05) is 24.3 Å². The van der Waals surface area contributed by atoms with Crippen LogP contribution in [0.15, 0.2) is 64.0 Å². The first-order valence-electron chi connectivity index (χ1n) is 16.8. The number of likely N-dealkylation sites (N-methyl/N-ethyl adjacent to an activating group) is 1. The summed E-state index contributed by atoms with van der Waals surface area (Å²) in [5, 5.41) is 10.1. The average Bonchev–Trinajstić information content (AvgIpc) is 3.07. The van der Waals surface area contributed by atoms with Crippen LogP contribution in [0.25, 0.3) is 0 Å². The third kappa shape index (κ3) is 6.52. The molecule has 7 rings (SSSR count). The lowest BCUT2D eigenvalue weighted by atomic mass is 9.71. The Morgan fingerprint density at radius 2 is 1.65 bits per heavy atom. The lowest BCUT2D eigenvalue weighted by molar-refractivity contribution is -0.134. The number of piperidine rings is 3. The van der Waals surface area contributed by atoms with E-state index >= 15 is 0 Å². The number of halogens is 1. The van der Waals surface area contributed by atoms with Crippen molar-refractivity contribution >= 4 is 45.0 Å². The van der Waals surface area contributed by atoms with E-state index in [4.69, 9.17) is 0 Å². The van der Waals surface area contributed by atoms with E-state index < -0.39 is 0 Å². The van der Waals surface area contributed by atoms with Crippen LogP contribution in [0.2, 0.25) is 0 Å². The highest BCUT2D eigenvalue weighted by molar-refractivity contribution is 9.10. The molecule has 4 fully saturated rings. The zero-order valence-electron chi connectivity index (χ0n) is 27.5. The summed E-state index contributed by atoms with van der Waals surface area (Å²) >= 11 is 3.42. The lowest BCUT2D eigenvalue weighted by Crippen LogP contribution is -2.61. The molecule has 3 atom stereocenters. The molecular weight excluding hydrogens is 674 g/mol. The quantitative estimate of drug-likeness (QED) is 0.371. The molecule has 3 aromatic rings. The van der Waals surface area contributed by atoms with Gasteiger partial charge in [0.25, 0.3) is 11.5 Å². The summed E-state index contributed by atoms with van der Waals surface area (Å²) in [4.78, 5) is 56.2. The van der Waals surface area contributed by atoms with E-state index in [1.54, 1.807) is 13.2 Å². The van der Waals surface area contributed by atoms with E-state index in [1.807, 2.05) is 29.2 Å². The Bertz CT molecular complexity index is 1760. The zero-order chi connectivity index (χ0) is 33.6. The minimum atomic E-state index is -0.263. The fourth-order valence-corrected chi connectivity index (χ4v) is 8.43. The second kappa shape index (κ2) is 13.1. The van der Waals surface area contributed by atoms with Crippen molar-refractivity contribution in [2.45, 2.75) is 50.0 Å². The van der Waals surface area contributed by atoms with Crippen LogP contribution in [-0.4, -0.2) is 89.7 Å². The summed E-state index contributed by atoms with van der Waals surface area (Å²) in [6.45, 7) is 5.26. The summed E-state index contributed by atoms with van der Waals surface area (Å²) in [5.74, 6) is -0.263. The number of imide groups is 1. The molecule has 3 amide bonds. The number of benzene rings is 2. The van der Waals surface area contributed by atoms with Crippen LogP contribution < -0.4 is 21.1 Å². The van der Waals surface area contributed by atoms with Crippen LogP contribution in [0.4, 0.5) is 11.4 Å². The Morgan fingerprint density at radius 1 is 0.958 bits per heavy atom. The fourth-order valence-electron chi connectivity index (χ4n) is 7.95. The molecule has 1 spiro atoms. The molecule has 252 valence electrons. The minimum absolute atomic E-state index is 0.0972. The highest BCUT2D eigenvalue weighted by atomic mass is 79.9. The van der Waals surface area contributed by atoms with Gasteiger partial charge in [-0.3, -0.25) is 24.5 Å². The van der Waals surface area contributed by atoms with E-state index in [0.717, 1.165) is 75.3 Å². The summed E-state index contributed by atoms with van der Waals surface area (Å²) in [7, 11) is 3.75. The van der Waals surface area contributed by atoms with Gasteiger partial charge in [-0.25, -0.2) is 4.68 Å². The van der Waals surface area contributed by atoms with E-state index in [9.17, 15) is 19.2 Å². The van der Waals surface area contributed by atoms with E-state index in [2.05, 4.69) is 72.8 Å². The normalized spacial score (nSPS) is 24.3. The van der Waals surface area contributed by atoms with Crippen molar-refractivity contribution in [3.05, 3.63) is 86.2 Å². The second-order valence-electron chi connectivity index (χ2n) is 14.2. The van der Waals surface area contributed by atoms with Crippen LogP contribution in [0.3, 0.4) is 0 Å². The number of carbonyl (C=O) groups excluding carboxylic acids is 3. The molecule has 1 aromatic heterocycles. The lowest BCUT2D eigenvalue weighted by Gasteiger charge is -2.55. The summed E-state index contributed by atoms with van der Waals surface area (Å²) in [5.41, 5.74) is 4.82. The first kappa shape index (κ1) is 32.5. The molecule has 0 saturated carbocycles. The zero-order valence-corrected chi connectivity index (χ0v) is 29.0. The average molecular weight is 717 g/mol. The molecule has 48 heavy (non-hydrogen) atoms. The Labute approximate surface area is 288 Å². The van der Waals surface area contributed by atoms with Gasteiger partial charge in [0.1, 0.15) is 4.47 Å². The van der Waals surface area contributed by atoms with Gasteiger partial charge < -0.3 is 20.0 Å². The maximum Gasteiger partial charge on any atom is 0.282 e. The van der Waals surface area contributed by atoms with E-state index in [1.165, 1.54) is 10.2 Å². The van der Waals surface area contributed by atoms with Crippen molar-refractivity contribution in [1.82, 2.24) is 24.9 Å². The molecule has 4 aliphatic heterocycles. The molecule has 5 heterocycles. The van der Waals surface area contributed by atoms with Crippen LogP contribution in [0.1, 0.15) is 65.4 Å². The van der Waals surface area contributed by atoms with Gasteiger partial charge in [0, 0.05) is 75.4 Å². The molecule has 0 radical (unpaired) electrons. The van der Waals surface area contributed by atoms with Crippen LogP contribution in [0.5, 0.6) is 0 Å². The van der Waals surface area contributed by atoms with Crippen molar-refractivity contribution < 1.29 is 14.4 Å². The number of rotatable bonds is 6. The number of nitrogens with one attached hydrogen (secondary N) is 2. The number of aromatic nitrogens is 2. The molecule has 2 aromatic carbocycles. The van der Waals surface area contributed by atoms with Gasteiger partial charge in [-0.15, -0.1) is 0 Å². The van der Waals surface area contributed by atoms with Crippen LogP contribution in [-0.2, 0) is 16.6 Å². The van der Waals surface area contributed by atoms with Crippen molar-refractivity contribution in [3.63, 3.8) is 0 Å². The van der Waals surface area contributed by atoms with Gasteiger partial charge in [-0.05, 0) is 90.0 Å². The third-order valence-corrected chi connectivity index (χ3v) is 11.5. The first-order chi connectivity index (χ1) is 23.1. The van der Waals surface area contributed by atoms with Crippen molar-refractivity contribution in [2.75, 3.05) is 56.5 Å². The number of aryl methyl sites for hydroxylation is 1. The maximum atomic E-state index is 13.5. The molecule has 4 saturated heterocycles. The monoisotopic (exact) mass is 715 g/mol. The number of hydrogen-bond acceptors (Lipinski definition) is 8. The number of carbonyl (C=O) groups is 3. The van der Waals surface area contributed by atoms with Gasteiger partial charge >= 0.3 is 0 Å². The van der Waals surface area contributed by atoms with Crippen molar-refractivity contribution in [2.24, 2.45) is 12.5 Å². The molecule has 4 aliphatic rings. The SMILES string of the molecule is CN1C[C@H](Nc2cnn(C)c(=O)c2Br)C[C@H](c2ccc(C(=O)N3CCC4(CC3)CN(c3ccc(C5CCC(=O)NC5=O)cc3)C4)cc2)C1. The maximum absolute atomic E-state index is 13.5. The predicted molar refractivity (Wildman–Crippen MR) is 187 cm³/mol. The highest BCUT2D eigenvalue weighted by Gasteiger charge is 2.45. The van der Waals surface area contributed by atoms with Gasteiger partial charge in [0.05, 0.1) is 17.8 Å². The Kier molecular flexibility index (Phi) is 8.88. The van der Waals surface area contributed by atoms with Gasteiger partial charge in [-0.2, -0.15) is 5.10 Å². The predicted octanol–water partition coefficient (Wildman–Crippen LogP) is 3.71. The van der Waals surface area contributed by atoms with Crippen molar-refractivity contribution in [1.29, 1.82) is 0 Å². The van der Waals surface area contributed by atoms with Gasteiger partial charge in [0.2, 0.25) is 11.8 Å². The van der Waals surface area contributed by atoms with Crippen LogP contribution >= 0.6 is 15.9 Å². The van der Waals surface area contributed by atoms with Gasteiger partial charge in [0.15, 0.2) is 0 Å². The molecule has 11 nitrogen and oxygen atoms in total. The Morgan fingerprint density at radius 3 is 2.33 bits per heavy atom. The molecular formula is C36H42BrN7O4.